The predicted molar refractivity (Wildman–Crippen MR) is 171 cm³/mol. The van der Waals surface area contributed by atoms with Gasteiger partial charge in [0.2, 0.25) is 0 Å². The molecule has 0 saturated carbocycles. The first kappa shape index (κ1) is 28.6. The van der Waals surface area contributed by atoms with Crippen LogP contribution in [0.15, 0.2) is 36.4 Å². The molecule has 0 bridgehead atoms. The second-order valence-corrected chi connectivity index (χ2v) is 13.2. The highest BCUT2D eigenvalue weighted by molar-refractivity contribution is 5.84. The van der Waals surface area contributed by atoms with E-state index in [1.165, 1.54) is 139 Å². The maximum Gasteiger partial charge on any atom is 0.0369 e. The molecule has 214 valence electrons. The van der Waals surface area contributed by atoms with Crippen molar-refractivity contribution < 1.29 is 0 Å². The van der Waals surface area contributed by atoms with Gasteiger partial charge in [-0.3, -0.25) is 0 Å². The topological polar surface area (TPSA) is 6.48 Å². The average Bonchev–Trinajstić information content (AvgIpc) is 3.75. The number of unbranched alkanes of at least 4 members (excludes halogenated alkanes) is 2. The summed E-state index contributed by atoms with van der Waals surface area (Å²) >= 11 is 0. The van der Waals surface area contributed by atoms with Crippen molar-refractivity contribution in [3.8, 4) is 11.1 Å². The molecule has 39 heavy (non-hydrogen) atoms. The maximum atomic E-state index is 2.68. The Bertz CT molecular complexity index is 974. The third kappa shape index (κ3) is 5.91. The van der Waals surface area contributed by atoms with E-state index in [4.69, 9.17) is 0 Å². The molecule has 2 atom stereocenters. The molecule has 0 spiro atoms. The molecule has 2 unspecified atom stereocenters. The second kappa shape index (κ2) is 13.1. The Kier molecular flexibility index (Phi) is 9.62. The standard InChI is InChI=1S/C37H56N2/c1-5-9-15-29(7-3)27-37(28-30(8-4)16-10-6-2)35-25-31(38-21-11-12-22-38)17-19-33(35)34-20-18-32(26-36(34)37)39-23-13-14-24-39/h17-20,25-26,29-30H,5-16,21-24,27-28H2,1-4H3. The van der Waals surface area contributed by atoms with Gasteiger partial charge in [0.25, 0.3) is 0 Å². The molecule has 0 N–H and O–H groups in total. The molecule has 2 fully saturated rings. The van der Waals surface area contributed by atoms with Gasteiger partial charge in [-0.05, 0) is 96.9 Å². The van der Waals surface area contributed by atoms with Crippen molar-refractivity contribution in [2.75, 3.05) is 36.0 Å². The summed E-state index contributed by atoms with van der Waals surface area (Å²) in [7, 11) is 0. The maximum absolute atomic E-state index is 2.68. The van der Waals surface area contributed by atoms with Crippen LogP contribution in [0.5, 0.6) is 0 Å². The fourth-order valence-corrected chi connectivity index (χ4v) is 8.21. The first-order valence-corrected chi connectivity index (χ1v) is 16.9. The second-order valence-electron chi connectivity index (χ2n) is 13.2. The van der Waals surface area contributed by atoms with Crippen LogP contribution >= 0.6 is 0 Å². The van der Waals surface area contributed by atoms with Gasteiger partial charge in [0.05, 0.1) is 0 Å². The Labute approximate surface area is 240 Å². The molecule has 0 amide bonds. The third-order valence-electron chi connectivity index (χ3n) is 10.6. The zero-order chi connectivity index (χ0) is 27.2. The minimum atomic E-state index is 0.138. The van der Waals surface area contributed by atoms with Gasteiger partial charge in [0.1, 0.15) is 0 Å². The Morgan fingerprint density at radius 2 is 1.03 bits per heavy atom. The van der Waals surface area contributed by atoms with Gasteiger partial charge in [0, 0.05) is 43.0 Å². The van der Waals surface area contributed by atoms with E-state index in [0.29, 0.717) is 0 Å². The highest BCUT2D eigenvalue weighted by Crippen LogP contribution is 2.57. The van der Waals surface area contributed by atoms with Crippen LogP contribution in [0.1, 0.15) is 129 Å². The van der Waals surface area contributed by atoms with Crippen LogP contribution in [0.4, 0.5) is 11.4 Å². The van der Waals surface area contributed by atoms with Crippen LogP contribution in [-0.2, 0) is 5.41 Å². The van der Waals surface area contributed by atoms with Gasteiger partial charge in [-0.15, -0.1) is 0 Å². The van der Waals surface area contributed by atoms with E-state index in [0.717, 1.165) is 11.8 Å². The fraction of sp³-hybridized carbons (Fsp3) is 0.676. The average molecular weight is 529 g/mol. The number of hydrogen-bond donors (Lipinski definition) is 0. The Hall–Kier alpha value is -1.96. The highest BCUT2D eigenvalue weighted by Gasteiger charge is 2.46. The van der Waals surface area contributed by atoms with Crippen molar-refractivity contribution in [1.82, 2.24) is 0 Å². The Balaban J connectivity index is 1.66. The first-order chi connectivity index (χ1) is 19.1. The SMILES string of the molecule is CCCCC(CC)CC1(CC(CC)CCCC)c2cc(N3CCCC3)ccc2-c2ccc(N3CCCC3)cc21. The smallest absolute Gasteiger partial charge is 0.0369 e. The molecule has 0 aromatic heterocycles. The summed E-state index contributed by atoms with van der Waals surface area (Å²) in [5.74, 6) is 1.58. The van der Waals surface area contributed by atoms with E-state index in [1.54, 1.807) is 11.1 Å². The molecule has 2 heterocycles. The normalized spacial score (nSPS) is 19.4. The lowest BCUT2D eigenvalue weighted by Crippen LogP contribution is -2.32. The number of hydrogen-bond acceptors (Lipinski definition) is 2. The van der Waals surface area contributed by atoms with E-state index < -0.39 is 0 Å². The molecular formula is C37H56N2. The quantitative estimate of drug-likeness (QED) is 0.241. The van der Waals surface area contributed by atoms with Crippen LogP contribution in [0.25, 0.3) is 11.1 Å². The van der Waals surface area contributed by atoms with Crippen LogP contribution in [-0.4, -0.2) is 26.2 Å². The van der Waals surface area contributed by atoms with E-state index in [9.17, 15) is 0 Å². The van der Waals surface area contributed by atoms with Crippen LogP contribution in [0.3, 0.4) is 0 Å². The minimum absolute atomic E-state index is 0.138. The van der Waals surface area contributed by atoms with Gasteiger partial charge in [0.15, 0.2) is 0 Å². The highest BCUT2D eigenvalue weighted by atomic mass is 15.1. The lowest BCUT2D eigenvalue weighted by atomic mass is 9.65. The summed E-state index contributed by atoms with van der Waals surface area (Å²) in [6, 6.07) is 15.3. The van der Waals surface area contributed by atoms with Crippen molar-refractivity contribution in [3.63, 3.8) is 0 Å². The monoisotopic (exact) mass is 528 g/mol. The van der Waals surface area contributed by atoms with Crippen molar-refractivity contribution in [3.05, 3.63) is 47.5 Å². The minimum Gasteiger partial charge on any atom is -0.372 e. The summed E-state index contributed by atoms with van der Waals surface area (Å²) in [5.41, 5.74) is 9.51. The third-order valence-corrected chi connectivity index (χ3v) is 10.6. The first-order valence-electron chi connectivity index (χ1n) is 16.9. The van der Waals surface area contributed by atoms with E-state index >= 15 is 0 Å². The molecule has 2 saturated heterocycles. The number of rotatable bonds is 14. The lowest BCUT2D eigenvalue weighted by Gasteiger charge is -2.39. The molecule has 2 heteroatoms. The van der Waals surface area contributed by atoms with Gasteiger partial charge in [-0.25, -0.2) is 0 Å². The summed E-state index contributed by atoms with van der Waals surface area (Å²) in [6.07, 6.45) is 18.7. The number of nitrogens with zero attached hydrogens (tertiary/aromatic N) is 2. The summed E-state index contributed by atoms with van der Waals surface area (Å²) in [5, 5.41) is 0. The molecule has 5 rings (SSSR count). The number of benzene rings is 2. The molecule has 0 radical (unpaired) electrons. The largest absolute Gasteiger partial charge is 0.372 e. The predicted octanol–water partition coefficient (Wildman–Crippen LogP) is 10.4. The fourth-order valence-electron chi connectivity index (χ4n) is 8.21. The van der Waals surface area contributed by atoms with Crippen molar-refractivity contribution in [1.29, 1.82) is 0 Å². The molecule has 1 aliphatic carbocycles. The number of fused-ring (bicyclic) bond motifs is 3. The Morgan fingerprint density at radius 3 is 1.38 bits per heavy atom. The van der Waals surface area contributed by atoms with E-state index in [2.05, 4.69) is 73.9 Å². The molecule has 2 aliphatic heterocycles. The van der Waals surface area contributed by atoms with E-state index in [-0.39, 0.29) is 5.41 Å². The van der Waals surface area contributed by atoms with Crippen molar-refractivity contribution in [2.24, 2.45) is 11.8 Å². The van der Waals surface area contributed by atoms with Crippen LogP contribution in [0.2, 0.25) is 0 Å². The van der Waals surface area contributed by atoms with Crippen molar-refractivity contribution >= 4 is 11.4 Å². The number of anilines is 2. The molecular weight excluding hydrogens is 472 g/mol. The lowest BCUT2D eigenvalue weighted by molar-refractivity contribution is 0.266. The van der Waals surface area contributed by atoms with Gasteiger partial charge in [-0.1, -0.05) is 91.2 Å². The van der Waals surface area contributed by atoms with Gasteiger partial charge in [-0.2, -0.15) is 0 Å². The van der Waals surface area contributed by atoms with E-state index in [1.807, 2.05) is 0 Å². The van der Waals surface area contributed by atoms with Crippen LogP contribution < -0.4 is 9.80 Å². The van der Waals surface area contributed by atoms with Gasteiger partial charge < -0.3 is 9.80 Å². The summed E-state index contributed by atoms with van der Waals surface area (Å²) in [4.78, 5) is 5.32. The molecule has 2 aromatic rings. The van der Waals surface area contributed by atoms with Crippen LogP contribution in [0, 0.1) is 11.8 Å². The van der Waals surface area contributed by atoms with Crippen molar-refractivity contribution in [2.45, 2.75) is 123 Å². The molecule has 2 aromatic carbocycles. The Morgan fingerprint density at radius 1 is 0.615 bits per heavy atom. The zero-order valence-electron chi connectivity index (χ0n) is 25.7. The summed E-state index contributed by atoms with van der Waals surface area (Å²) in [6.45, 7) is 14.5. The molecule has 2 nitrogen and oxygen atoms in total. The zero-order valence-corrected chi connectivity index (χ0v) is 25.7. The summed E-state index contributed by atoms with van der Waals surface area (Å²) < 4.78 is 0. The van der Waals surface area contributed by atoms with Gasteiger partial charge >= 0.3 is 0 Å². The molecule has 3 aliphatic rings.